The lowest BCUT2D eigenvalue weighted by molar-refractivity contribution is -0.122. The minimum absolute atomic E-state index is 0.0687. The highest BCUT2D eigenvalue weighted by Gasteiger charge is 2.23. The second kappa shape index (κ2) is 8.11. The Kier molecular flexibility index (Phi) is 5.64. The van der Waals surface area contributed by atoms with Gasteiger partial charge in [0.05, 0.1) is 24.8 Å². The van der Waals surface area contributed by atoms with E-state index in [0.29, 0.717) is 19.1 Å². The Morgan fingerprint density at radius 3 is 2.83 bits per heavy atom. The van der Waals surface area contributed by atoms with Crippen molar-refractivity contribution in [1.82, 2.24) is 15.1 Å². The Balaban J connectivity index is 1.57. The number of hydrogen-bond acceptors (Lipinski definition) is 3. The first-order valence-electron chi connectivity index (χ1n) is 8.68. The number of nitrogens with one attached hydrogen (secondary N) is 1. The van der Waals surface area contributed by atoms with Gasteiger partial charge in [0.25, 0.3) is 0 Å². The molecule has 3 atom stereocenters. The van der Waals surface area contributed by atoms with Crippen molar-refractivity contribution in [1.29, 1.82) is 0 Å². The number of ether oxygens (including phenoxy) is 1. The number of carbonyl (C=O) groups excluding carboxylic acids is 1. The molecule has 24 heavy (non-hydrogen) atoms. The number of amides is 1. The van der Waals surface area contributed by atoms with E-state index >= 15 is 0 Å². The molecule has 0 aliphatic carbocycles. The summed E-state index contributed by atoms with van der Waals surface area (Å²) in [6.45, 7) is 2.72. The molecule has 128 valence electrons. The zero-order valence-electron chi connectivity index (χ0n) is 14.1. The molecule has 0 radical (unpaired) electrons. The number of carbonyl (C=O) groups is 1. The molecule has 5 nitrogen and oxygen atoms in total. The maximum Gasteiger partial charge on any atom is 0.220 e. The van der Waals surface area contributed by atoms with Gasteiger partial charge in [0.2, 0.25) is 5.91 Å². The summed E-state index contributed by atoms with van der Waals surface area (Å²) >= 11 is 0. The normalized spacial score (nSPS) is 21.5. The van der Waals surface area contributed by atoms with E-state index < -0.39 is 0 Å². The first-order valence-corrected chi connectivity index (χ1v) is 8.68. The molecule has 2 heterocycles. The van der Waals surface area contributed by atoms with Crippen LogP contribution in [0.2, 0.25) is 0 Å². The molecule has 1 saturated heterocycles. The zero-order chi connectivity index (χ0) is 16.8. The van der Waals surface area contributed by atoms with Gasteiger partial charge in [-0.3, -0.25) is 9.48 Å². The quantitative estimate of drug-likeness (QED) is 0.850. The summed E-state index contributed by atoms with van der Waals surface area (Å²) in [6.07, 6.45) is 7.67. The molecular formula is C19H25N3O2. The number of hydrogen-bond donors (Lipinski definition) is 1. The van der Waals surface area contributed by atoms with Gasteiger partial charge in [-0.15, -0.1) is 0 Å². The second-order valence-electron chi connectivity index (χ2n) is 6.44. The van der Waals surface area contributed by atoms with Gasteiger partial charge in [0.15, 0.2) is 0 Å². The lowest BCUT2D eigenvalue weighted by Gasteiger charge is -2.20. The van der Waals surface area contributed by atoms with Gasteiger partial charge in [0.1, 0.15) is 0 Å². The van der Waals surface area contributed by atoms with Gasteiger partial charge >= 0.3 is 0 Å². The van der Waals surface area contributed by atoms with Crippen LogP contribution in [0, 0.1) is 0 Å². The van der Waals surface area contributed by atoms with Crippen LogP contribution in [-0.2, 0) is 16.1 Å². The monoisotopic (exact) mass is 327 g/mol. The van der Waals surface area contributed by atoms with Gasteiger partial charge in [0, 0.05) is 18.8 Å². The molecule has 0 bridgehead atoms. The van der Waals surface area contributed by atoms with E-state index in [1.54, 1.807) is 6.20 Å². The van der Waals surface area contributed by atoms with Gasteiger partial charge in [-0.1, -0.05) is 30.3 Å². The molecule has 3 rings (SSSR count). The van der Waals surface area contributed by atoms with Crippen LogP contribution in [0.4, 0.5) is 0 Å². The summed E-state index contributed by atoms with van der Waals surface area (Å²) in [4.78, 5) is 12.4. The molecule has 0 unspecified atom stereocenters. The maximum atomic E-state index is 12.4. The molecule has 0 saturated carbocycles. The van der Waals surface area contributed by atoms with E-state index in [2.05, 4.69) is 17.3 Å². The highest BCUT2D eigenvalue weighted by Crippen LogP contribution is 2.23. The van der Waals surface area contributed by atoms with Crippen molar-refractivity contribution in [3.63, 3.8) is 0 Å². The zero-order valence-corrected chi connectivity index (χ0v) is 14.1. The largest absolute Gasteiger partial charge is 0.375 e. The highest BCUT2D eigenvalue weighted by atomic mass is 16.5. The second-order valence-corrected chi connectivity index (χ2v) is 6.44. The average molecular weight is 327 g/mol. The van der Waals surface area contributed by atoms with E-state index in [4.69, 9.17) is 4.74 Å². The van der Waals surface area contributed by atoms with Crippen LogP contribution in [0.25, 0.3) is 0 Å². The van der Waals surface area contributed by atoms with Crippen LogP contribution in [-0.4, -0.2) is 27.9 Å². The van der Waals surface area contributed by atoms with Crippen molar-refractivity contribution in [2.45, 2.75) is 57.4 Å². The number of rotatable bonds is 7. The molecule has 0 spiro atoms. The van der Waals surface area contributed by atoms with Gasteiger partial charge in [-0.25, -0.2) is 0 Å². The van der Waals surface area contributed by atoms with Crippen LogP contribution in [0.5, 0.6) is 0 Å². The minimum Gasteiger partial charge on any atom is -0.375 e. The molecule has 1 aliphatic rings. The van der Waals surface area contributed by atoms with Crippen LogP contribution >= 0.6 is 0 Å². The summed E-state index contributed by atoms with van der Waals surface area (Å²) in [5, 5.41) is 7.40. The van der Waals surface area contributed by atoms with Crippen LogP contribution in [0.1, 0.15) is 44.2 Å². The van der Waals surface area contributed by atoms with Crippen molar-refractivity contribution >= 4 is 5.91 Å². The Morgan fingerprint density at radius 2 is 2.17 bits per heavy atom. The summed E-state index contributed by atoms with van der Waals surface area (Å²) < 4.78 is 7.64. The van der Waals surface area contributed by atoms with Crippen molar-refractivity contribution in [2.75, 3.05) is 0 Å². The Morgan fingerprint density at radius 1 is 1.33 bits per heavy atom. The molecule has 1 N–H and O–H groups in total. The van der Waals surface area contributed by atoms with Gasteiger partial charge in [-0.05, 0) is 37.8 Å². The molecule has 5 heteroatoms. The van der Waals surface area contributed by atoms with Crippen molar-refractivity contribution < 1.29 is 9.53 Å². The summed E-state index contributed by atoms with van der Waals surface area (Å²) in [5.74, 6) is 0.0687. The molecule has 2 aromatic rings. The lowest BCUT2D eigenvalue weighted by Crippen LogP contribution is -2.32. The Hall–Kier alpha value is -2.14. The van der Waals surface area contributed by atoms with E-state index in [1.165, 1.54) is 0 Å². The molecule has 1 aliphatic heterocycles. The fourth-order valence-electron chi connectivity index (χ4n) is 3.17. The van der Waals surface area contributed by atoms with Crippen molar-refractivity contribution in [3.05, 3.63) is 54.4 Å². The number of benzene rings is 1. The third-order valence-electron chi connectivity index (χ3n) is 4.48. The third-order valence-corrected chi connectivity index (χ3v) is 4.48. The van der Waals surface area contributed by atoms with E-state index in [1.807, 2.05) is 47.3 Å². The van der Waals surface area contributed by atoms with Gasteiger partial charge < -0.3 is 10.1 Å². The molecule has 1 aromatic carbocycles. The fraction of sp³-hybridized carbons (Fsp3) is 0.474. The summed E-state index contributed by atoms with van der Waals surface area (Å²) in [5.41, 5.74) is 1.09. The van der Waals surface area contributed by atoms with Crippen LogP contribution in [0.3, 0.4) is 0 Å². The molecule has 1 aromatic heterocycles. The molecule has 1 amide bonds. The molecular weight excluding hydrogens is 302 g/mol. The smallest absolute Gasteiger partial charge is 0.220 e. The minimum atomic E-state index is -0.0815. The van der Waals surface area contributed by atoms with E-state index in [9.17, 15) is 4.79 Å². The Bertz CT molecular complexity index is 627. The molecule has 1 fully saturated rings. The summed E-state index contributed by atoms with van der Waals surface area (Å²) in [7, 11) is 0. The van der Waals surface area contributed by atoms with E-state index in [0.717, 1.165) is 24.8 Å². The fourth-order valence-corrected chi connectivity index (χ4v) is 3.17. The van der Waals surface area contributed by atoms with Crippen molar-refractivity contribution in [2.24, 2.45) is 0 Å². The third kappa shape index (κ3) is 4.68. The topological polar surface area (TPSA) is 56.2 Å². The van der Waals surface area contributed by atoms with Crippen LogP contribution < -0.4 is 5.32 Å². The van der Waals surface area contributed by atoms with E-state index in [-0.39, 0.29) is 18.1 Å². The van der Waals surface area contributed by atoms with Crippen LogP contribution in [0.15, 0.2) is 48.8 Å². The first kappa shape index (κ1) is 16.7. The predicted molar refractivity (Wildman–Crippen MR) is 92.4 cm³/mol. The average Bonchev–Trinajstić information content (AvgIpc) is 3.25. The standard InChI is InChI=1S/C19H25N3O2/c1-15-8-9-17(24-15)10-11-19(23)21-18(14-22-13-5-12-20-22)16-6-3-2-4-7-16/h2-7,12-13,15,17-18H,8-11,14H2,1H3,(H,21,23)/t15-,17+,18-/m1/s1. The SMILES string of the molecule is C[C@@H]1CC[C@@H](CCC(=O)N[C@H](Cn2cccn2)c2ccccc2)O1. The summed E-state index contributed by atoms with van der Waals surface area (Å²) in [6, 6.07) is 11.8. The first-order chi connectivity index (χ1) is 11.7. The van der Waals surface area contributed by atoms with Gasteiger partial charge in [-0.2, -0.15) is 5.10 Å². The number of aromatic nitrogens is 2. The Labute approximate surface area is 143 Å². The van der Waals surface area contributed by atoms with Crippen molar-refractivity contribution in [3.8, 4) is 0 Å². The maximum absolute atomic E-state index is 12.4. The highest BCUT2D eigenvalue weighted by molar-refractivity contribution is 5.76. The predicted octanol–water partition coefficient (Wildman–Crippen LogP) is 3.09. The lowest BCUT2D eigenvalue weighted by atomic mass is 10.1. The number of nitrogens with zero attached hydrogens (tertiary/aromatic N) is 2.